The number of aromatic amines is 1. The molecule has 1 aromatic heterocycles. The van der Waals surface area contributed by atoms with Crippen molar-refractivity contribution in [2.45, 2.75) is 37.8 Å². The molecule has 0 saturated heterocycles. The number of H-pyrrole nitrogens is 1. The van der Waals surface area contributed by atoms with Gasteiger partial charge < -0.3 is 10.3 Å². The molecule has 0 spiro atoms. The zero-order valence-electron chi connectivity index (χ0n) is 11.4. The first-order chi connectivity index (χ1) is 9.00. The smallest absolute Gasteiger partial charge is 0.244 e. The van der Waals surface area contributed by atoms with Crippen molar-refractivity contribution < 1.29 is 8.42 Å². The Bertz CT molecular complexity index is 546. The molecule has 0 bridgehead atoms. The Morgan fingerprint density at radius 1 is 1.42 bits per heavy atom. The van der Waals surface area contributed by atoms with Gasteiger partial charge in [-0.15, -0.1) is 0 Å². The number of hydrogen-bond acceptors (Lipinski definition) is 3. The van der Waals surface area contributed by atoms with E-state index in [0.29, 0.717) is 30.6 Å². The van der Waals surface area contributed by atoms with Gasteiger partial charge in [0.15, 0.2) is 0 Å². The molecule has 5 nitrogen and oxygen atoms in total. The van der Waals surface area contributed by atoms with Gasteiger partial charge in [0, 0.05) is 37.6 Å². The Morgan fingerprint density at radius 3 is 2.84 bits per heavy atom. The van der Waals surface area contributed by atoms with Crippen LogP contribution in [0.3, 0.4) is 0 Å². The molecule has 0 radical (unpaired) electrons. The van der Waals surface area contributed by atoms with Crippen LogP contribution in [0, 0.1) is 0 Å². The molecule has 1 aliphatic rings. The van der Waals surface area contributed by atoms with Crippen LogP contribution < -0.4 is 5.32 Å². The highest BCUT2D eigenvalue weighted by Gasteiger charge is 2.25. The molecule has 19 heavy (non-hydrogen) atoms. The lowest BCUT2D eigenvalue weighted by Crippen LogP contribution is -2.33. The van der Waals surface area contributed by atoms with Crippen LogP contribution in [-0.4, -0.2) is 36.8 Å². The minimum Gasteiger partial charge on any atom is -0.363 e. The zero-order valence-corrected chi connectivity index (χ0v) is 12.2. The van der Waals surface area contributed by atoms with E-state index in [-0.39, 0.29) is 0 Å². The van der Waals surface area contributed by atoms with Crippen molar-refractivity contribution in [2.24, 2.45) is 0 Å². The molecule has 106 valence electrons. The van der Waals surface area contributed by atoms with Gasteiger partial charge in [0.2, 0.25) is 10.0 Å². The van der Waals surface area contributed by atoms with E-state index < -0.39 is 10.0 Å². The van der Waals surface area contributed by atoms with E-state index in [1.54, 1.807) is 12.3 Å². The largest absolute Gasteiger partial charge is 0.363 e. The highest BCUT2D eigenvalue weighted by molar-refractivity contribution is 7.89. The lowest BCUT2D eigenvalue weighted by atomic mass is 10.3. The summed E-state index contributed by atoms with van der Waals surface area (Å²) in [6.07, 6.45) is 6.27. The second-order valence-electron chi connectivity index (χ2n) is 5.02. The SMILES string of the molecule is CC(C)NCc1cc(S(=O)(=O)N2CC=CCC2)c[nH]1. The second-order valence-corrected chi connectivity index (χ2v) is 6.96. The number of sulfonamides is 1. The summed E-state index contributed by atoms with van der Waals surface area (Å²) in [5.41, 5.74) is 0.889. The molecule has 0 fully saturated rings. The van der Waals surface area contributed by atoms with E-state index in [2.05, 4.69) is 24.1 Å². The summed E-state index contributed by atoms with van der Waals surface area (Å²) in [6.45, 7) is 5.78. The van der Waals surface area contributed by atoms with Gasteiger partial charge in [0.25, 0.3) is 0 Å². The fourth-order valence-corrected chi connectivity index (χ4v) is 3.40. The topological polar surface area (TPSA) is 65.2 Å². The monoisotopic (exact) mass is 283 g/mol. The number of hydrogen-bond donors (Lipinski definition) is 2. The molecule has 1 aliphatic heterocycles. The van der Waals surface area contributed by atoms with Crippen LogP contribution in [0.5, 0.6) is 0 Å². The second kappa shape index (κ2) is 5.90. The quantitative estimate of drug-likeness (QED) is 0.804. The maximum absolute atomic E-state index is 12.4. The minimum atomic E-state index is -3.36. The van der Waals surface area contributed by atoms with Crippen LogP contribution >= 0.6 is 0 Å². The minimum absolute atomic E-state index is 0.350. The molecular formula is C13H21N3O2S. The first-order valence-corrected chi connectivity index (χ1v) is 8.00. The van der Waals surface area contributed by atoms with E-state index in [1.807, 2.05) is 12.2 Å². The molecule has 2 heterocycles. The summed E-state index contributed by atoms with van der Waals surface area (Å²) in [4.78, 5) is 3.37. The van der Waals surface area contributed by atoms with Crippen LogP contribution in [0.25, 0.3) is 0 Å². The van der Waals surface area contributed by atoms with Crippen molar-refractivity contribution in [2.75, 3.05) is 13.1 Å². The summed E-state index contributed by atoms with van der Waals surface area (Å²) in [5.74, 6) is 0. The van der Waals surface area contributed by atoms with E-state index >= 15 is 0 Å². The van der Waals surface area contributed by atoms with Gasteiger partial charge in [-0.1, -0.05) is 26.0 Å². The fraction of sp³-hybridized carbons (Fsp3) is 0.538. The van der Waals surface area contributed by atoms with Gasteiger partial charge in [-0.05, 0) is 12.5 Å². The Kier molecular flexibility index (Phi) is 4.44. The van der Waals surface area contributed by atoms with Crippen LogP contribution in [0.4, 0.5) is 0 Å². The average Bonchev–Trinajstić information content (AvgIpc) is 2.87. The van der Waals surface area contributed by atoms with Gasteiger partial charge in [-0.25, -0.2) is 8.42 Å². The van der Waals surface area contributed by atoms with E-state index in [1.165, 1.54) is 4.31 Å². The number of nitrogens with zero attached hydrogens (tertiary/aromatic N) is 1. The molecule has 6 heteroatoms. The molecule has 0 saturated carbocycles. The van der Waals surface area contributed by atoms with Crippen LogP contribution in [0.2, 0.25) is 0 Å². The van der Waals surface area contributed by atoms with Gasteiger partial charge in [0.1, 0.15) is 0 Å². The van der Waals surface area contributed by atoms with Crippen molar-refractivity contribution in [3.05, 3.63) is 30.1 Å². The number of aromatic nitrogens is 1. The lowest BCUT2D eigenvalue weighted by molar-refractivity contribution is 0.437. The first kappa shape index (κ1) is 14.3. The molecule has 0 atom stereocenters. The Morgan fingerprint density at radius 2 is 2.21 bits per heavy atom. The Hall–Kier alpha value is -1.11. The van der Waals surface area contributed by atoms with Crippen molar-refractivity contribution >= 4 is 10.0 Å². The third-order valence-corrected chi connectivity index (χ3v) is 4.92. The number of rotatable bonds is 5. The standard InChI is InChI=1S/C13H21N3O2S/c1-11(2)14-9-12-8-13(10-15-12)19(17,18)16-6-4-3-5-7-16/h3-4,8,10-11,14-15H,5-7,9H2,1-2H3. The Balaban J connectivity index is 2.10. The van der Waals surface area contributed by atoms with Crippen molar-refractivity contribution in [3.8, 4) is 0 Å². The average molecular weight is 283 g/mol. The molecule has 0 amide bonds. The molecule has 0 unspecified atom stereocenters. The predicted molar refractivity (Wildman–Crippen MR) is 75.3 cm³/mol. The molecule has 2 rings (SSSR count). The van der Waals surface area contributed by atoms with Gasteiger partial charge in [-0.2, -0.15) is 4.31 Å². The van der Waals surface area contributed by atoms with E-state index in [4.69, 9.17) is 0 Å². The molecule has 0 aromatic carbocycles. The third kappa shape index (κ3) is 3.46. The van der Waals surface area contributed by atoms with Crippen LogP contribution in [0.1, 0.15) is 26.0 Å². The lowest BCUT2D eigenvalue weighted by Gasteiger charge is -2.21. The van der Waals surface area contributed by atoms with Gasteiger partial charge in [-0.3, -0.25) is 0 Å². The van der Waals surface area contributed by atoms with Crippen molar-refractivity contribution in [3.63, 3.8) is 0 Å². The first-order valence-electron chi connectivity index (χ1n) is 6.56. The van der Waals surface area contributed by atoms with E-state index in [9.17, 15) is 8.42 Å². The maximum atomic E-state index is 12.4. The summed E-state index contributed by atoms with van der Waals surface area (Å²) in [5, 5.41) is 3.26. The molecule has 0 aliphatic carbocycles. The summed E-state index contributed by atoms with van der Waals surface area (Å²) >= 11 is 0. The van der Waals surface area contributed by atoms with Crippen molar-refractivity contribution in [1.82, 2.24) is 14.6 Å². The van der Waals surface area contributed by atoms with Gasteiger partial charge in [0.05, 0.1) is 4.90 Å². The molecule has 1 aromatic rings. The molecular weight excluding hydrogens is 262 g/mol. The Labute approximate surface area is 114 Å². The highest BCUT2D eigenvalue weighted by atomic mass is 32.2. The summed E-state index contributed by atoms with van der Waals surface area (Å²) in [6, 6.07) is 2.08. The molecule has 2 N–H and O–H groups in total. The van der Waals surface area contributed by atoms with Crippen LogP contribution in [0.15, 0.2) is 29.3 Å². The number of nitrogens with one attached hydrogen (secondary N) is 2. The van der Waals surface area contributed by atoms with Gasteiger partial charge >= 0.3 is 0 Å². The van der Waals surface area contributed by atoms with Crippen molar-refractivity contribution in [1.29, 1.82) is 0 Å². The van der Waals surface area contributed by atoms with E-state index in [0.717, 1.165) is 12.1 Å². The summed E-state index contributed by atoms with van der Waals surface area (Å²) in [7, 11) is -3.36. The highest BCUT2D eigenvalue weighted by Crippen LogP contribution is 2.18. The third-order valence-electron chi connectivity index (χ3n) is 3.08. The fourth-order valence-electron chi connectivity index (χ4n) is 1.97. The summed E-state index contributed by atoms with van der Waals surface area (Å²) < 4.78 is 26.3. The predicted octanol–water partition coefficient (Wildman–Crippen LogP) is 1.46. The maximum Gasteiger partial charge on any atom is 0.244 e. The zero-order chi connectivity index (χ0) is 13.9. The van der Waals surface area contributed by atoms with Crippen LogP contribution in [-0.2, 0) is 16.6 Å². The normalized spacial score (nSPS) is 17.2.